The zero-order chi connectivity index (χ0) is 27.0. The maximum absolute atomic E-state index is 13.7. The fraction of sp³-hybridized carbons (Fsp3) is 0.286. The van der Waals surface area contributed by atoms with Gasteiger partial charge in [0.25, 0.3) is 0 Å². The van der Waals surface area contributed by atoms with Crippen molar-refractivity contribution in [2.24, 2.45) is 0 Å². The fourth-order valence-electron chi connectivity index (χ4n) is 3.91. The summed E-state index contributed by atoms with van der Waals surface area (Å²) in [5.41, 5.74) is 2.45. The first-order chi connectivity index (χ1) is 17.6. The van der Waals surface area contributed by atoms with Crippen molar-refractivity contribution < 1.29 is 18.0 Å². The van der Waals surface area contributed by atoms with Crippen LogP contribution in [0.2, 0.25) is 5.02 Å². The van der Waals surface area contributed by atoms with E-state index in [0.29, 0.717) is 17.1 Å². The van der Waals surface area contributed by atoms with Gasteiger partial charge in [-0.15, -0.1) is 0 Å². The summed E-state index contributed by atoms with van der Waals surface area (Å²) >= 11 is 6.40. The standard InChI is InChI=1S/C28H32ClN3O4S/c1-4-30-28(34)26(18-22-10-6-5-7-11-22)32(19-23-12-8-9-13-25(23)29)27(33)20-31(3)37(35,36)24-16-14-21(2)15-17-24/h5-17,26H,4,18-20H2,1-3H3,(H,30,34). The third-order valence-corrected chi connectivity index (χ3v) is 8.19. The number of sulfonamides is 1. The molecule has 0 fully saturated rings. The van der Waals surface area contributed by atoms with Crippen LogP contribution in [0.3, 0.4) is 0 Å². The molecule has 0 aliphatic heterocycles. The number of amides is 2. The molecule has 0 spiro atoms. The average Bonchev–Trinajstić information content (AvgIpc) is 2.88. The summed E-state index contributed by atoms with van der Waals surface area (Å²) in [4.78, 5) is 28.5. The molecule has 1 N–H and O–H groups in total. The fourth-order valence-corrected chi connectivity index (χ4v) is 5.23. The van der Waals surface area contributed by atoms with Crippen molar-refractivity contribution in [1.82, 2.24) is 14.5 Å². The van der Waals surface area contributed by atoms with Crippen LogP contribution in [0.15, 0.2) is 83.8 Å². The zero-order valence-corrected chi connectivity index (χ0v) is 22.8. The van der Waals surface area contributed by atoms with Crippen LogP contribution in [-0.2, 0) is 32.6 Å². The van der Waals surface area contributed by atoms with Crippen LogP contribution < -0.4 is 5.32 Å². The Balaban J connectivity index is 1.96. The van der Waals surface area contributed by atoms with Crippen molar-refractivity contribution >= 4 is 33.4 Å². The Morgan fingerprint density at radius 3 is 2.19 bits per heavy atom. The number of aryl methyl sites for hydroxylation is 1. The maximum Gasteiger partial charge on any atom is 0.243 e. The second kappa shape index (κ2) is 12.9. The number of nitrogens with zero attached hydrogens (tertiary/aromatic N) is 2. The topological polar surface area (TPSA) is 86.8 Å². The first-order valence-corrected chi connectivity index (χ1v) is 13.8. The SMILES string of the molecule is CCNC(=O)C(Cc1ccccc1)N(Cc1ccccc1Cl)C(=O)CN(C)S(=O)(=O)c1ccc(C)cc1. The molecule has 7 nitrogen and oxygen atoms in total. The Bertz CT molecular complexity index is 1310. The lowest BCUT2D eigenvalue weighted by molar-refractivity contribution is -0.141. The summed E-state index contributed by atoms with van der Waals surface area (Å²) in [7, 11) is -2.56. The van der Waals surface area contributed by atoms with E-state index in [9.17, 15) is 18.0 Å². The van der Waals surface area contributed by atoms with Crippen LogP contribution >= 0.6 is 11.6 Å². The molecule has 0 aromatic heterocycles. The molecule has 0 bridgehead atoms. The minimum Gasteiger partial charge on any atom is -0.355 e. The molecule has 0 saturated carbocycles. The number of hydrogen-bond acceptors (Lipinski definition) is 4. The van der Waals surface area contributed by atoms with Gasteiger partial charge in [0.2, 0.25) is 21.8 Å². The first-order valence-electron chi connectivity index (χ1n) is 12.0. The molecule has 0 radical (unpaired) electrons. The Kier molecular flexibility index (Phi) is 9.86. The number of rotatable bonds is 11. The number of benzene rings is 3. The van der Waals surface area contributed by atoms with E-state index in [1.807, 2.05) is 37.3 Å². The van der Waals surface area contributed by atoms with Crippen molar-refractivity contribution in [3.8, 4) is 0 Å². The lowest BCUT2D eigenvalue weighted by Crippen LogP contribution is -2.53. The molecule has 9 heteroatoms. The molecule has 0 saturated heterocycles. The molecule has 0 heterocycles. The van der Waals surface area contributed by atoms with Crippen LogP contribution in [0.1, 0.15) is 23.6 Å². The number of carbonyl (C=O) groups excluding carboxylic acids is 2. The molecular formula is C28H32ClN3O4S. The van der Waals surface area contributed by atoms with E-state index in [1.54, 1.807) is 43.3 Å². The maximum atomic E-state index is 13.7. The summed E-state index contributed by atoms with van der Waals surface area (Å²) in [5, 5.41) is 3.27. The van der Waals surface area contributed by atoms with E-state index < -0.39 is 28.5 Å². The summed E-state index contributed by atoms with van der Waals surface area (Å²) in [6, 6.07) is 22.0. The van der Waals surface area contributed by atoms with E-state index in [1.165, 1.54) is 24.1 Å². The van der Waals surface area contributed by atoms with Gasteiger partial charge in [-0.25, -0.2) is 8.42 Å². The summed E-state index contributed by atoms with van der Waals surface area (Å²) in [6.45, 7) is 3.67. The molecule has 196 valence electrons. The molecule has 3 aromatic rings. The molecule has 3 aromatic carbocycles. The van der Waals surface area contributed by atoms with E-state index >= 15 is 0 Å². The predicted molar refractivity (Wildman–Crippen MR) is 146 cm³/mol. The average molecular weight is 542 g/mol. The van der Waals surface area contributed by atoms with Gasteiger partial charge < -0.3 is 10.2 Å². The van der Waals surface area contributed by atoms with Crippen LogP contribution in [0.25, 0.3) is 0 Å². The Hall–Kier alpha value is -3.20. The van der Waals surface area contributed by atoms with Crippen molar-refractivity contribution in [1.29, 1.82) is 0 Å². The molecule has 1 unspecified atom stereocenters. The predicted octanol–water partition coefficient (Wildman–Crippen LogP) is 4.05. The Morgan fingerprint density at radius 1 is 0.946 bits per heavy atom. The van der Waals surface area contributed by atoms with Crippen LogP contribution in [0, 0.1) is 6.92 Å². The molecule has 37 heavy (non-hydrogen) atoms. The number of hydrogen-bond donors (Lipinski definition) is 1. The largest absolute Gasteiger partial charge is 0.355 e. The van der Waals surface area contributed by atoms with Crippen LogP contribution in [0.4, 0.5) is 0 Å². The molecule has 0 aliphatic rings. The van der Waals surface area contributed by atoms with Gasteiger partial charge in [0, 0.05) is 31.6 Å². The molecule has 3 rings (SSSR count). The van der Waals surface area contributed by atoms with E-state index in [-0.39, 0.29) is 23.8 Å². The quantitative estimate of drug-likeness (QED) is 0.397. The van der Waals surface area contributed by atoms with Gasteiger partial charge in [-0.2, -0.15) is 4.31 Å². The Morgan fingerprint density at radius 2 is 1.57 bits per heavy atom. The highest BCUT2D eigenvalue weighted by atomic mass is 35.5. The van der Waals surface area contributed by atoms with Crippen molar-refractivity contribution in [3.63, 3.8) is 0 Å². The lowest BCUT2D eigenvalue weighted by Gasteiger charge is -2.32. The minimum atomic E-state index is -3.92. The van der Waals surface area contributed by atoms with Crippen LogP contribution in [0.5, 0.6) is 0 Å². The molecule has 1 atom stereocenters. The van der Waals surface area contributed by atoms with Gasteiger partial charge in [-0.1, -0.05) is 77.8 Å². The smallest absolute Gasteiger partial charge is 0.243 e. The van der Waals surface area contributed by atoms with Gasteiger partial charge in [0.15, 0.2) is 0 Å². The van der Waals surface area contributed by atoms with E-state index in [4.69, 9.17) is 11.6 Å². The highest BCUT2D eigenvalue weighted by Crippen LogP contribution is 2.22. The number of likely N-dealkylation sites (N-methyl/N-ethyl adjacent to an activating group) is 2. The third-order valence-electron chi connectivity index (χ3n) is 6.01. The third kappa shape index (κ3) is 7.41. The van der Waals surface area contributed by atoms with Crippen molar-refractivity contribution in [2.45, 2.75) is 37.8 Å². The summed E-state index contributed by atoms with van der Waals surface area (Å²) in [5.74, 6) is -0.832. The summed E-state index contributed by atoms with van der Waals surface area (Å²) < 4.78 is 27.3. The van der Waals surface area contributed by atoms with Gasteiger partial charge >= 0.3 is 0 Å². The molecule has 2 amide bonds. The lowest BCUT2D eigenvalue weighted by atomic mass is 10.0. The van der Waals surface area contributed by atoms with E-state index in [0.717, 1.165) is 15.4 Å². The van der Waals surface area contributed by atoms with Gasteiger partial charge in [0.1, 0.15) is 6.04 Å². The molecular weight excluding hydrogens is 510 g/mol. The monoisotopic (exact) mass is 541 g/mol. The first kappa shape index (κ1) is 28.4. The number of halogens is 1. The Labute approximate surface area is 224 Å². The second-order valence-electron chi connectivity index (χ2n) is 8.79. The highest BCUT2D eigenvalue weighted by Gasteiger charge is 2.33. The minimum absolute atomic E-state index is 0.0472. The highest BCUT2D eigenvalue weighted by molar-refractivity contribution is 7.89. The van der Waals surface area contributed by atoms with Crippen LogP contribution in [-0.4, -0.2) is 55.6 Å². The zero-order valence-electron chi connectivity index (χ0n) is 21.2. The number of nitrogens with one attached hydrogen (secondary N) is 1. The van der Waals surface area contributed by atoms with Gasteiger partial charge in [0.05, 0.1) is 11.4 Å². The van der Waals surface area contributed by atoms with Crippen molar-refractivity contribution in [3.05, 3.63) is 101 Å². The van der Waals surface area contributed by atoms with E-state index in [2.05, 4.69) is 5.32 Å². The van der Waals surface area contributed by atoms with Gasteiger partial charge in [-0.05, 0) is 43.2 Å². The molecule has 0 aliphatic carbocycles. The van der Waals surface area contributed by atoms with Crippen molar-refractivity contribution in [2.75, 3.05) is 20.1 Å². The normalized spacial score (nSPS) is 12.2. The number of carbonyl (C=O) groups is 2. The summed E-state index contributed by atoms with van der Waals surface area (Å²) in [6.07, 6.45) is 0.261. The second-order valence-corrected chi connectivity index (χ2v) is 11.2. The van der Waals surface area contributed by atoms with Gasteiger partial charge in [-0.3, -0.25) is 9.59 Å².